The van der Waals surface area contributed by atoms with Gasteiger partial charge < -0.3 is 15.2 Å². The summed E-state index contributed by atoms with van der Waals surface area (Å²) in [5.74, 6) is 0.281. The first kappa shape index (κ1) is 15.9. The number of hydrogen-bond acceptors (Lipinski definition) is 5. The van der Waals surface area contributed by atoms with Gasteiger partial charge in [0, 0.05) is 43.0 Å². The van der Waals surface area contributed by atoms with Gasteiger partial charge in [0.25, 0.3) is 5.56 Å². The van der Waals surface area contributed by atoms with Gasteiger partial charge >= 0.3 is 0 Å². The van der Waals surface area contributed by atoms with Gasteiger partial charge in [-0.2, -0.15) is 0 Å². The molecule has 3 heterocycles. The van der Waals surface area contributed by atoms with Crippen LogP contribution in [0.25, 0.3) is 11.3 Å². The van der Waals surface area contributed by atoms with E-state index in [-0.39, 0.29) is 11.5 Å². The van der Waals surface area contributed by atoms with E-state index in [1.807, 2.05) is 13.0 Å². The second kappa shape index (κ2) is 6.66. The molecule has 7 heteroatoms. The van der Waals surface area contributed by atoms with E-state index < -0.39 is 0 Å². The van der Waals surface area contributed by atoms with Gasteiger partial charge in [-0.15, -0.1) is 0 Å². The van der Waals surface area contributed by atoms with E-state index >= 15 is 0 Å². The molecule has 0 radical (unpaired) electrons. The van der Waals surface area contributed by atoms with Gasteiger partial charge in [-0.3, -0.25) is 9.59 Å². The monoisotopic (exact) mass is 325 g/mol. The fraction of sp³-hybridized carbons (Fsp3) is 0.294. The van der Waals surface area contributed by atoms with E-state index in [4.69, 9.17) is 0 Å². The van der Waals surface area contributed by atoms with Crippen molar-refractivity contribution in [2.24, 2.45) is 5.92 Å². The zero-order chi connectivity index (χ0) is 17.1. The molecule has 0 unspecified atom stereocenters. The largest absolute Gasteiger partial charge is 0.380 e. The summed E-state index contributed by atoms with van der Waals surface area (Å²) in [5.41, 5.74) is 2.76. The van der Waals surface area contributed by atoms with Gasteiger partial charge in [-0.25, -0.2) is 9.97 Å². The minimum atomic E-state index is -0.178. The molecule has 2 N–H and O–H groups in total. The lowest BCUT2D eigenvalue weighted by Gasteiger charge is -2.38. The molecule has 0 atom stereocenters. The number of anilines is 1. The normalized spacial score (nSPS) is 14.1. The molecule has 3 rings (SSSR count). The van der Waals surface area contributed by atoms with E-state index in [9.17, 15) is 9.59 Å². The molecule has 1 aliphatic rings. The highest BCUT2D eigenvalue weighted by molar-refractivity contribution is 5.87. The molecule has 0 saturated carbocycles. The highest BCUT2D eigenvalue weighted by atomic mass is 16.2. The van der Waals surface area contributed by atoms with Gasteiger partial charge in [0.2, 0.25) is 5.91 Å². The maximum absolute atomic E-state index is 12.0. The van der Waals surface area contributed by atoms with Gasteiger partial charge in [0.15, 0.2) is 0 Å². The molecule has 1 fully saturated rings. The molecule has 0 aliphatic carbocycles. The predicted octanol–water partition coefficient (Wildman–Crippen LogP) is 1.20. The number of aromatic amines is 1. The zero-order valence-electron chi connectivity index (χ0n) is 13.5. The SMILES string of the molecule is C=CC(=O)N1CC(CNc2cc(-c3cc(C)ncn3)c[nH]c2=O)C1. The molecular weight excluding hydrogens is 306 g/mol. The molecule has 124 valence electrons. The van der Waals surface area contributed by atoms with Crippen LogP contribution < -0.4 is 10.9 Å². The second-order valence-corrected chi connectivity index (χ2v) is 5.87. The summed E-state index contributed by atoms with van der Waals surface area (Å²) in [6, 6.07) is 3.65. The van der Waals surface area contributed by atoms with Crippen LogP contribution in [0.15, 0.2) is 42.1 Å². The number of hydrogen-bond donors (Lipinski definition) is 2. The summed E-state index contributed by atoms with van der Waals surface area (Å²) in [7, 11) is 0. The predicted molar refractivity (Wildman–Crippen MR) is 91.6 cm³/mol. The molecule has 24 heavy (non-hydrogen) atoms. The first-order chi connectivity index (χ1) is 11.6. The average Bonchev–Trinajstić information content (AvgIpc) is 2.54. The number of aromatic nitrogens is 3. The smallest absolute Gasteiger partial charge is 0.271 e. The van der Waals surface area contributed by atoms with Crippen LogP contribution in [0.5, 0.6) is 0 Å². The number of H-pyrrole nitrogens is 1. The maximum Gasteiger partial charge on any atom is 0.271 e. The van der Waals surface area contributed by atoms with Gasteiger partial charge in [-0.05, 0) is 25.1 Å². The van der Waals surface area contributed by atoms with Crippen molar-refractivity contribution in [3.05, 3.63) is 53.4 Å². The Bertz CT molecular complexity index is 824. The molecule has 2 aromatic rings. The van der Waals surface area contributed by atoms with Crippen molar-refractivity contribution in [2.45, 2.75) is 6.92 Å². The van der Waals surface area contributed by atoms with Crippen LogP contribution in [0.1, 0.15) is 5.69 Å². The molecule has 0 bridgehead atoms. The highest BCUT2D eigenvalue weighted by Crippen LogP contribution is 2.19. The van der Waals surface area contributed by atoms with Crippen LogP contribution in [0.4, 0.5) is 5.69 Å². The van der Waals surface area contributed by atoms with Crippen LogP contribution in [0.3, 0.4) is 0 Å². The van der Waals surface area contributed by atoms with E-state index in [0.29, 0.717) is 31.2 Å². The Balaban J connectivity index is 1.66. The topological polar surface area (TPSA) is 91.0 Å². The van der Waals surface area contributed by atoms with E-state index in [1.165, 1.54) is 12.4 Å². The number of carbonyl (C=O) groups is 1. The van der Waals surface area contributed by atoms with Crippen molar-refractivity contribution in [2.75, 3.05) is 25.0 Å². The molecule has 1 amide bonds. The number of likely N-dealkylation sites (tertiary alicyclic amines) is 1. The van der Waals surface area contributed by atoms with Crippen LogP contribution in [-0.2, 0) is 4.79 Å². The minimum Gasteiger partial charge on any atom is -0.380 e. The molecule has 2 aromatic heterocycles. The Morgan fingerprint density at radius 2 is 2.25 bits per heavy atom. The molecule has 1 saturated heterocycles. The maximum atomic E-state index is 12.0. The highest BCUT2D eigenvalue weighted by Gasteiger charge is 2.28. The minimum absolute atomic E-state index is 0.0507. The standard InChI is InChI=1S/C17H19N5O2/c1-3-16(23)22-8-12(9-22)6-18-15-5-13(7-19-17(15)24)14-4-11(2)20-10-21-14/h3-5,7,10,12,18H,1,6,8-9H2,2H3,(H,19,24). The summed E-state index contributed by atoms with van der Waals surface area (Å²) in [6.07, 6.45) is 4.47. The van der Waals surface area contributed by atoms with Crippen molar-refractivity contribution in [1.82, 2.24) is 19.9 Å². The number of aryl methyl sites for hydroxylation is 1. The Hall–Kier alpha value is -2.96. The first-order valence-corrected chi connectivity index (χ1v) is 7.74. The zero-order valence-corrected chi connectivity index (χ0v) is 13.5. The van der Waals surface area contributed by atoms with Gasteiger partial charge in [0.1, 0.15) is 12.0 Å². The lowest BCUT2D eigenvalue weighted by Crippen LogP contribution is -2.51. The number of nitrogens with one attached hydrogen (secondary N) is 2. The fourth-order valence-corrected chi connectivity index (χ4v) is 2.64. The fourth-order valence-electron chi connectivity index (χ4n) is 2.64. The Morgan fingerprint density at radius 3 is 2.96 bits per heavy atom. The number of nitrogens with zero attached hydrogens (tertiary/aromatic N) is 3. The third-order valence-corrected chi connectivity index (χ3v) is 4.03. The Kier molecular flexibility index (Phi) is 4.41. The third-order valence-electron chi connectivity index (χ3n) is 4.03. The van der Waals surface area contributed by atoms with Crippen LogP contribution in [0, 0.1) is 12.8 Å². The number of pyridine rings is 1. The van der Waals surface area contributed by atoms with Crippen molar-refractivity contribution < 1.29 is 4.79 Å². The quantitative estimate of drug-likeness (QED) is 0.806. The van der Waals surface area contributed by atoms with Crippen molar-refractivity contribution in [1.29, 1.82) is 0 Å². The van der Waals surface area contributed by atoms with Crippen LogP contribution >= 0.6 is 0 Å². The number of amides is 1. The van der Waals surface area contributed by atoms with Gasteiger partial charge in [-0.1, -0.05) is 6.58 Å². The molecular formula is C17H19N5O2. The summed E-state index contributed by atoms with van der Waals surface area (Å²) in [5, 5.41) is 3.17. The molecule has 1 aliphatic heterocycles. The Morgan fingerprint density at radius 1 is 1.46 bits per heavy atom. The Labute approximate surface area is 139 Å². The lowest BCUT2D eigenvalue weighted by atomic mass is 10.00. The lowest BCUT2D eigenvalue weighted by molar-refractivity contribution is -0.131. The van der Waals surface area contributed by atoms with E-state index in [2.05, 4.69) is 26.8 Å². The second-order valence-electron chi connectivity index (χ2n) is 5.87. The summed E-state index contributed by atoms with van der Waals surface area (Å²) >= 11 is 0. The van der Waals surface area contributed by atoms with E-state index in [0.717, 1.165) is 17.0 Å². The molecule has 7 nitrogen and oxygen atoms in total. The van der Waals surface area contributed by atoms with Crippen LogP contribution in [0.2, 0.25) is 0 Å². The van der Waals surface area contributed by atoms with Crippen molar-refractivity contribution >= 4 is 11.6 Å². The molecule has 0 aromatic carbocycles. The summed E-state index contributed by atoms with van der Waals surface area (Å²) in [6.45, 7) is 7.36. The van der Waals surface area contributed by atoms with E-state index in [1.54, 1.807) is 17.2 Å². The summed E-state index contributed by atoms with van der Waals surface area (Å²) in [4.78, 5) is 36.1. The average molecular weight is 325 g/mol. The number of rotatable bonds is 5. The van der Waals surface area contributed by atoms with Crippen molar-refractivity contribution in [3.8, 4) is 11.3 Å². The molecule has 0 spiro atoms. The summed E-state index contributed by atoms with van der Waals surface area (Å²) < 4.78 is 0. The third kappa shape index (κ3) is 3.34. The van der Waals surface area contributed by atoms with Gasteiger partial charge in [0.05, 0.1) is 5.69 Å². The van der Waals surface area contributed by atoms with Crippen molar-refractivity contribution in [3.63, 3.8) is 0 Å². The first-order valence-electron chi connectivity index (χ1n) is 7.74. The van der Waals surface area contributed by atoms with Crippen LogP contribution in [-0.4, -0.2) is 45.4 Å². The number of carbonyl (C=O) groups excluding carboxylic acids is 1.